The molecular weight excluding hydrogens is 288 g/mol. The molecule has 0 aliphatic carbocycles. The number of benzene rings is 1. The molecule has 0 spiro atoms. The highest BCUT2D eigenvalue weighted by atomic mass is 79.9. The predicted molar refractivity (Wildman–Crippen MR) is 66.1 cm³/mol. The molecule has 0 fully saturated rings. The van der Waals surface area contributed by atoms with Gasteiger partial charge in [-0.2, -0.15) is 0 Å². The molecule has 0 radical (unpaired) electrons. The summed E-state index contributed by atoms with van der Waals surface area (Å²) in [6.07, 6.45) is 0.102. The molecular formula is C12H9BrO4. The first-order valence-corrected chi connectivity index (χ1v) is 5.79. The van der Waals surface area contributed by atoms with Crippen LogP contribution in [-0.4, -0.2) is 11.1 Å². The second-order valence-electron chi connectivity index (χ2n) is 3.63. The van der Waals surface area contributed by atoms with Gasteiger partial charge in [-0.15, -0.1) is 0 Å². The van der Waals surface area contributed by atoms with Crippen LogP contribution in [0.3, 0.4) is 0 Å². The third-order valence-electron chi connectivity index (χ3n) is 2.37. The maximum absolute atomic E-state index is 11.6. The van der Waals surface area contributed by atoms with Gasteiger partial charge in [-0.3, -0.25) is 4.79 Å². The summed E-state index contributed by atoms with van der Waals surface area (Å²) >= 11 is 3.32. The zero-order valence-electron chi connectivity index (χ0n) is 8.77. The van der Waals surface area contributed by atoms with Crippen molar-refractivity contribution in [2.45, 2.75) is 12.8 Å². The molecule has 0 unspecified atom stereocenters. The first kappa shape index (κ1) is 11.9. The lowest BCUT2D eigenvalue weighted by Crippen LogP contribution is -2.09. The minimum absolute atomic E-state index is 0.0791. The van der Waals surface area contributed by atoms with E-state index in [4.69, 9.17) is 9.52 Å². The van der Waals surface area contributed by atoms with Crippen molar-refractivity contribution in [3.8, 4) is 0 Å². The van der Waals surface area contributed by atoms with Crippen LogP contribution in [0.25, 0.3) is 11.0 Å². The highest BCUT2D eigenvalue weighted by Gasteiger charge is 2.07. The lowest BCUT2D eigenvalue weighted by Gasteiger charge is -2.01. The molecule has 1 aromatic heterocycles. The molecule has 1 heterocycles. The van der Waals surface area contributed by atoms with Crippen molar-refractivity contribution in [3.05, 3.63) is 44.7 Å². The van der Waals surface area contributed by atoms with Gasteiger partial charge in [0.2, 0.25) is 0 Å². The lowest BCUT2D eigenvalue weighted by molar-refractivity contribution is -0.136. The van der Waals surface area contributed by atoms with Crippen LogP contribution in [0.4, 0.5) is 0 Å². The van der Waals surface area contributed by atoms with Gasteiger partial charge in [-0.1, -0.05) is 15.9 Å². The highest BCUT2D eigenvalue weighted by molar-refractivity contribution is 9.10. The number of carboxylic acid groups (broad SMARTS) is 1. The van der Waals surface area contributed by atoms with Crippen LogP contribution in [-0.2, 0) is 11.2 Å². The van der Waals surface area contributed by atoms with Gasteiger partial charge in [0.25, 0.3) is 0 Å². The van der Waals surface area contributed by atoms with Gasteiger partial charge in [0.1, 0.15) is 5.58 Å². The molecule has 0 bridgehead atoms. The van der Waals surface area contributed by atoms with Crippen LogP contribution in [0, 0.1) is 0 Å². The minimum Gasteiger partial charge on any atom is -0.481 e. The molecule has 0 saturated carbocycles. The molecule has 0 saturated heterocycles. The number of hydrogen-bond acceptors (Lipinski definition) is 3. The molecule has 2 aromatic rings. The van der Waals surface area contributed by atoms with Gasteiger partial charge in [0, 0.05) is 21.8 Å². The van der Waals surface area contributed by atoms with E-state index in [1.165, 1.54) is 0 Å². The number of hydrogen-bond donors (Lipinski definition) is 1. The molecule has 4 nitrogen and oxygen atoms in total. The van der Waals surface area contributed by atoms with Crippen molar-refractivity contribution in [1.82, 2.24) is 0 Å². The summed E-state index contributed by atoms with van der Waals surface area (Å²) in [5.41, 5.74) is 0.413. The largest absolute Gasteiger partial charge is 0.481 e. The van der Waals surface area contributed by atoms with Gasteiger partial charge < -0.3 is 9.52 Å². The fourth-order valence-electron chi connectivity index (χ4n) is 1.55. The maximum atomic E-state index is 11.6. The molecule has 1 aromatic carbocycles. The Morgan fingerprint density at radius 2 is 2.12 bits per heavy atom. The number of fused-ring (bicyclic) bond motifs is 1. The van der Waals surface area contributed by atoms with Gasteiger partial charge in [-0.25, -0.2) is 4.79 Å². The van der Waals surface area contributed by atoms with E-state index >= 15 is 0 Å². The second-order valence-corrected chi connectivity index (χ2v) is 4.55. The smallest absolute Gasteiger partial charge is 0.339 e. The normalized spacial score (nSPS) is 10.6. The average molecular weight is 297 g/mol. The Labute approximate surface area is 105 Å². The van der Waals surface area contributed by atoms with Crippen molar-refractivity contribution in [3.63, 3.8) is 0 Å². The van der Waals surface area contributed by atoms with Crippen molar-refractivity contribution >= 4 is 32.9 Å². The van der Waals surface area contributed by atoms with Crippen LogP contribution in [0.1, 0.15) is 12.0 Å². The van der Waals surface area contributed by atoms with Gasteiger partial charge in [0.15, 0.2) is 0 Å². The summed E-state index contributed by atoms with van der Waals surface area (Å²) in [6, 6.07) is 6.97. The molecule has 88 valence electrons. The number of carboxylic acids is 1. The van der Waals surface area contributed by atoms with E-state index in [-0.39, 0.29) is 12.8 Å². The quantitative estimate of drug-likeness (QED) is 0.884. The van der Waals surface area contributed by atoms with Crippen LogP contribution in [0.2, 0.25) is 0 Å². The van der Waals surface area contributed by atoms with Gasteiger partial charge in [-0.05, 0) is 30.7 Å². The molecule has 0 atom stereocenters. The Morgan fingerprint density at radius 3 is 2.82 bits per heavy atom. The zero-order valence-corrected chi connectivity index (χ0v) is 10.4. The van der Waals surface area contributed by atoms with Crippen LogP contribution >= 0.6 is 15.9 Å². The molecule has 1 N–H and O–H groups in total. The zero-order chi connectivity index (χ0) is 12.4. The minimum atomic E-state index is -0.932. The standard InChI is InChI=1S/C12H9BrO4/c13-9-2-3-10-8(6-9)5-7(12(16)17-10)1-4-11(14)15/h2-3,5-6H,1,4H2,(H,14,15). The third-order valence-corrected chi connectivity index (χ3v) is 2.87. The maximum Gasteiger partial charge on any atom is 0.339 e. The van der Waals surface area contributed by atoms with E-state index < -0.39 is 11.6 Å². The van der Waals surface area contributed by atoms with Crippen LogP contribution < -0.4 is 5.63 Å². The van der Waals surface area contributed by atoms with E-state index in [1.807, 2.05) is 6.07 Å². The Balaban J connectivity index is 2.46. The fraction of sp³-hybridized carbons (Fsp3) is 0.167. The van der Waals surface area contributed by atoms with Crippen molar-refractivity contribution in [1.29, 1.82) is 0 Å². The van der Waals surface area contributed by atoms with Crippen LogP contribution in [0.5, 0.6) is 0 Å². The second kappa shape index (κ2) is 4.71. The molecule has 17 heavy (non-hydrogen) atoms. The van der Waals surface area contributed by atoms with E-state index in [0.29, 0.717) is 11.1 Å². The van der Waals surface area contributed by atoms with Gasteiger partial charge in [0.05, 0.1) is 0 Å². The fourth-order valence-corrected chi connectivity index (χ4v) is 1.93. The van der Waals surface area contributed by atoms with Crippen molar-refractivity contribution in [2.75, 3.05) is 0 Å². The Bertz CT molecular complexity index is 630. The third kappa shape index (κ3) is 2.74. The average Bonchev–Trinajstić information content (AvgIpc) is 2.26. The number of carbonyl (C=O) groups is 1. The Morgan fingerprint density at radius 1 is 1.35 bits per heavy atom. The summed E-state index contributed by atoms with van der Waals surface area (Å²) in [5.74, 6) is -0.932. The topological polar surface area (TPSA) is 67.5 Å². The van der Waals surface area contributed by atoms with E-state index in [1.54, 1.807) is 18.2 Å². The molecule has 0 amide bonds. The SMILES string of the molecule is O=C(O)CCc1cc2cc(Br)ccc2oc1=O. The van der Waals surface area contributed by atoms with Gasteiger partial charge >= 0.3 is 11.6 Å². The number of rotatable bonds is 3. The predicted octanol–water partition coefficient (Wildman–Crippen LogP) is 2.57. The Kier molecular flexibility index (Phi) is 3.28. The Hall–Kier alpha value is -1.62. The number of aryl methyl sites for hydroxylation is 1. The van der Waals surface area contributed by atoms with Crippen LogP contribution in [0.15, 0.2) is 37.9 Å². The molecule has 0 aliphatic rings. The number of aliphatic carboxylic acids is 1. The van der Waals surface area contributed by atoms with E-state index in [2.05, 4.69) is 15.9 Å². The summed E-state index contributed by atoms with van der Waals surface area (Å²) in [5, 5.41) is 9.36. The number of halogens is 1. The highest BCUT2D eigenvalue weighted by Crippen LogP contribution is 2.19. The molecule has 5 heteroatoms. The monoisotopic (exact) mass is 296 g/mol. The first-order chi connectivity index (χ1) is 8.06. The summed E-state index contributed by atoms with van der Waals surface area (Å²) in [4.78, 5) is 22.0. The van der Waals surface area contributed by atoms with Crippen molar-refractivity contribution < 1.29 is 14.3 Å². The molecule has 2 rings (SSSR count). The summed E-state index contributed by atoms with van der Waals surface area (Å²) < 4.78 is 5.99. The molecule has 0 aliphatic heterocycles. The summed E-state index contributed by atoms with van der Waals surface area (Å²) in [6.45, 7) is 0. The van der Waals surface area contributed by atoms with Crippen molar-refractivity contribution in [2.24, 2.45) is 0 Å². The summed E-state index contributed by atoms with van der Waals surface area (Å²) in [7, 11) is 0. The first-order valence-electron chi connectivity index (χ1n) is 5.00. The van der Waals surface area contributed by atoms with E-state index in [0.717, 1.165) is 9.86 Å². The lowest BCUT2D eigenvalue weighted by atomic mass is 10.1. The van der Waals surface area contributed by atoms with E-state index in [9.17, 15) is 9.59 Å².